The molecule has 0 saturated heterocycles. The number of carbonyl (C=O) groups excluding carboxylic acids is 1. The smallest absolute Gasteiger partial charge is 0.246 e. The first-order valence-electron chi connectivity index (χ1n) is 4.80. The van der Waals surface area contributed by atoms with E-state index < -0.39 is 0 Å². The standard InChI is InChI=1S/C10H18N2O/c1-10(2,3)6-4-5-8-11-7-9(13)12-8/h4-7H2,1-3H3,(H,11,12,13). The molecule has 74 valence electrons. The molecular formula is C10H18N2O. The van der Waals surface area contributed by atoms with E-state index in [0.717, 1.165) is 18.7 Å². The normalized spacial score (nSPS) is 17.2. The summed E-state index contributed by atoms with van der Waals surface area (Å²) >= 11 is 0. The molecule has 0 unspecified atom stereocenters. The van der Waals surface area contributed by atoms with Crippen LogP contribution in [0.4, 0.5) is 0 Å². The second-order valence-electron chi connectivity index (χ2n) is 4.73. The Kier molecular flexibility index (Phi) is 3.07. The molecule has 1 amide bonds. The molecule has 13 heavy (non-hydrogen) atoms. The number of hydrogen-bond donors (Lipinski definition) is 1. The van der Waals surface area contributed by atoms with Gasteiger partial charge in [-0.3, -0.25) is 9.79 Å². The van der Waals surface area contributed by atoms with Crippen LogP contribution in [0.2, 0.25) is 0 Å². The van der Waals surface area contributed by atoms with Gasteiger partial charge in [0.15, 0.2) is 0 Å². The van der Waals surface area contributed by atoms with Crippen molar-refractivity contribution in [2.75, 3.05) is 6.54 Å². The van der Waals surface area contributed by atoms with Crippen molar-refractivity contribution in [2.24, 2.45) is 10.4 Å². The Balaban J connectivity index is 2.17. The molecule has 0 aromatic heterocycles. The Morgan fingerprint density at radius 2 is 2.15 bits per heavy atom. The summed E-state index contributed by atoms with van der Waals surface area (Å²) < 4.78 is 0. The number of rotatable bonds is 3. The monoisotopic (exact) mass is 182 g/mol. The summed E-state index contributed by atoms with van der Waals surface area (Å²) in [7, 11) is 0. The summed E-state index contributed by atoms with van der Waals surface area (Å²) in [6.07, 6.45) is 3.17. The van der Waals surface area contributed by atoms with Gasteiger partial charge >= 0.3 is 0 Å². The molecule has 0 aromatic carbocycles. The van der Waals surface area contributed by atoms with Crippen molar-refractivity contribution in [2.45, 2.75) is 40.0 Å². The summed E-state index contributed by atoms with van der Waals surface area (Å²) in [4.78, 5) is 14.9. The first kappa shape index (κ1) is 10.2. The largest absolute Gasteiger partial charge is 0.313 e. The van der Waals surface area contributed by atoms with Crippen LogP contribution in [-0.2, 0) is 4.79 Å². The first-order valence-corrected chi connectivity index (χ1v) is 4.80. The lowest BCUT2D eigenvalue weighted by molar-refractivity contribution is -0.117. The van der Waals surface area contributed by atoms with E-state index in [-0.39, 0.29) is 5.91 Å². The van der Waals surface area contributed by atoms with E-state index in [1.165, 1.54) is 6.42 Å². The van der Waals surface area contributed by atoms with Crippen molar-refractivity contribution in [3.63, 3.8) is 0 Å². The van der Waals surface area contributed by atoms with E-state index >= 15 is 0 Å². The van der Waals surface area contributed by atoms with Gasteiger partial charge in [-0.15, -0.1) is 0 Å². The zero-order valence-electron chi connectivity index (χ0n) is 8.68. The van der Waals surface area contributed by atoms with Crippen LogP contribution in [0.15, 0.2) is 4.99 Å². The lowest BCUT2D eigenvalue weighted by Gasteiger charge is -2.17. The van der Waals surface area contributed by atoms with Gasteiger partial charge in [0.25, 0.3) is 0 Å². The number of hydrogen-bond acceptors (Lipinski definition) is 2. The maximum absolute atomic E-state index is 10.8. The first-order chi connectivity index (χ1) is 5.97. The van der Waals surface area contributed by atoms with Crippen LogP contribution in [0.3, 0.4) is 0 Å². The number of amides is 1. The quantitative estimate of drug-likeness (QED) is 0.709. The fourth-order valence-corrected chi connectivity index (χ4v) is 1.33. The molecule has 0 aromatic rings. The summed E-state index contributed by atoms with van der Waals surface area (Å²) in [6.45, 7) is 7.00. The molecule has 0 spiro atoms. The molecule has 0 saturated carbocycles. The second kappa shape index (κ2) is 3.90. The zero-order chi connectivity index (χ0) is 9.90. The predicted octanol–water partition coefficient (Wildman–Crippen LogP) is 1.73. The Morgan fingerprint density at radius 1 is 1.46 bits per heavy atom. The summed E-state index contributed by atoms with van der Waals surface area (Å²) in [6, 6.07) is 0. The van der Waals surface area contributed by atoms with Crippen LogP contribution >= 0.6 is 0 Å². The van der Waals surface area contributed by atoms with Crippen molar-refractivity contribution in [1.82, 2.24) is 5.32 Å². The fourth-order valence-electron chi connectivity index (χ4n) is 1.33. The molecule has 0 atom stereocenters. The molecular weight excluding hydrogens is 164 g/mol. The average molecular weight is 182 g/mol. The maximum Gasteiger partial charge on any atom is 0.246 e. The van der Waals surface area contributed by atoms with Crippen LogP contribution in [0, 0.1) is 5.41 Å². The summed E-state index contributed by atoms with van der Waals surface area (Å²) in [5.41, 5.74) is 0.378. The summed E-state index contributed by atoms with van der Waals surface area (Å²) in [5, 5.41) is 2.75. The van der Waals surface area contributed by atoms with Crippen LogP contribution in [0.5, 0.6) is 0 Å². The van der Waals surface area contributed by atoms with Gasteiger partial charge in [-0.2, -0.15) is 0 Å². The SMILES string of the molecule is CC(C)(C)CCCC1=NCC(=O)N1. The molecule has 1 aliphatic heterocycles. The third kappa shape index (κ3) is 4.06. The third-order valence-electron chi connectivity index (χ3n) is 2.04. The van der Waals surface area contributed by atoms with Crippen molar-refractivity contribution in [3.05, 3.63) is 0 Å². The van der Waals surface area contributed by atoms with Crippen LogP contribution < -0.4 is 5.32 Å². The van der Waals surface area contributed by atoms with E-state index in [4.69, 9.17) is 0 Å². The van der Waals surface area contributed by atoms with E-state index in [1.807, 2.05) is 0 Å². The minimum Gasteiger partial charge on any atom is -0.313 e. The topological polar surface area (TPSA) is 41.5 Å². The highest BCUT2D eigenvalue weighted by molar-refractivity contribution is 6.03. The highest BCUT2D eigenvalue weighted by atomic mass is 16.2. The Labute approximate surface area is 79.6 Å². The lowest BCUT2D eigenvalue weighted by Crippen LogP contribution is -2.24. The minimum atomic E-state index is 0.0331. The minimum absolute atomic E-state index is 0.0331. The van der Waals surface area contributed by atoms with Gasteiger partial charge in [0, 0.05) is 6.42 Å². The number of nitrogens with zero attached hydrogens (tertiary/aromatic N) is 1. The van der Waals surface area contributed by atoms with Gasteiger partial charge in [-0.25, -0.2) is 0 Å². The molecule has 1 rings (SSSR count). The van der Waals surface area contributed by atoms with E-state index in [0.29, 0.717) is 12.0 Å². The van der Waals surface area contributed by atoms with Crippen molar-refractivity contribution < 1.29 is 4.79 Å². The molecule has 0 bridgehead atoms. The molecule has 3 heteroatoms. The number of amidine groups is 1. The van der Waals surface area contributed by atoms with Crippen molar-refractivity contribution in [1.29, 1.82) is 0 Å². The molecule has 0 aliphatic carbocycles. The summed E-state index contributed by atoms with van der Waals surface area (Å²) in [5.74, 6) is 0.903. The fraction of sp³-hybridized carbons (Fsp3) is 0.800. The van der Waals surface area contributed by atoms with Gasteiger partial charge in [0.2, 0.25) is 5.91 Å². The Morgan fingerprint density at radius 3 is 2.62 bits per heavy atom. The highest BCUT2D eigenvalue weighted by Gasteiger charge is 2.14. The highest BCUT2D eigenvalue weighted by Crippen LogP contribution is 2.21. The number of nitrogens with one attached hydrogen (secondary N) is 1. The van der Waals surface area contributed by atoms with Gasteiger partial charge in [-0.05, 0) is 18.3 Å². The van der Waals surface area contributed by atoms with Gasteiger partial charge in [0.05, 0.1) is 0 Å². The van der Waals surface area contributed by atoms with Crippen molar-refractivity contribution >= 4 is 11.7 Å². The average Bonchev–Trinajstić information content (AvgIpc) is 2.33. The number of carbonyl (C=O) groups is 1. The maximum atomic E-state index is 10.8. The molecule has 1 aliphatic rings. The van der Waals surface area contributed by atoms with E-state index in [1.54, 1.807) is 0 Å². The van der Waals surface area contributed by atoms with Crippen LogP contribution in [0.1, 0.15) is 40.0 Å². The molecule has 0 radical (unpaired) electrons. The predicted molar refractivity (Wildman–Crippen MR) is 53.8 cm³/mol. The van der Waals surface area contributed by atoms with Gasteiger partial charge < -0.3 is 5.32 Å². The second-order valence-corrected chi connectivity index (χ2v) is 4.73. The lowest BCUT2D eigenvalue weighted by atomic mass is 9.90. The molecule has 0 fully saturated rings. The van der Waals surface area contributed by atoms with Gasteiger partial charge in [0.1, 0.15) is 12.4 Å². The van der Waals surface area contributed by atoms with E-state index in [9.17, 15) is 4.79 Å². The molecule has 3 nitrogen and oxygen atoms in total. The van der Waals surface area contributed by atoms with Crippen LogP contribution in [-0.4, -0.2) is 18.3 Å². The zero-order valence-corrected chi connectivity index (χ0v) is 8.68. The number of aliphatic imine (C=N–C) groups is 1. The third-order valence-corrected chi connectivity index (χ3v) is 2.04. The van der Waals surface area contributed by atoms with E-state index in [2.05, 4.69) is 31.1 Å². The van der Waals surface area contributed by atoms with Gasteiger partial charge in [-0.1, -0.05) is 20.8 Å². The molecule has 1 N–H and O–H groups in total. The van der Waals surface area contributed by atoms with Crippen LogP contribution in [0.25, 0.3) is 0 Å². The van der Waals surface area contributed by atoms with Crippen molar-refractivity contribution in [3.8, 4) is 0 Å². The Hall–Kier alpha value is -0.860. The molecule has 1 heterocycles. The Bertz CT molecular complexity index is 226.